The van der Waals surface area contributed by atoms with Crippen molar-refractivity contribution in [2.75, 3.05) is 0 Å². The quantitative estimate of drug-likeness (QED) is 0.921. The largest absolute Gasteiger partial charge is 0.325 e. The highest BCUT2D eigenvalue weighted by Gasteiger charge is 2.29. The van der Waals surface area contributed by atoms with E-state index in [4.69, 9.17) is 5.73 Å². The zero-order chi connectivity index (χ0) is 12.3. The minimum Gasteiger partial charge on any atom is -0.325 e. The number of ketones is 1. The van der Waals surface area contributed by atoms with E-state index in [0.717, 1.165) is 22.2 Å². The number of hydrogen-bond donors (Lipinski definition) is 1. The first-order valence-corrected chi connectivity index (χ1v) is 7.79. The van der Waals surface area contributed by atoms with Crippen LogP contribution in [0.1, 0.15) is 43.4 Å². The number of rotatable bonds is 4. The molecule has 2 N–H and O–H groups in total. The van der Waals surface area contributed by atoms with Crippen LogP contribution in [-0.4, -0.2) is 11.3 Å². The van der Waals surface area contributed by atoms with Crippen LogP contribution < -0.4 is 5.73 Å². The minimum atomic E-state index is -0.223. The molecule has 2 rings (SSSR count). The number of halogens is 1. The Hall–Kier alpha value is -0.190. The average molecular weight is 316 g/mol. The molecule has 94 valence electrons. The first-order chi connectivity index (χ1) is 8.09. The summed E-state index contributed by atoms with van der Waals surface area (Å²) < 4.78 is 1.05. The standard InChI is InChI=1S/C13H18BrNOS/c14-11-4-7-17-12(11)8-10(16)9-13(15)5-2-1-3-6-13/h4,7H,1-3,5-6,8-9,15H2. The summed E-state index contributed by atoms with van der Waals surface area (Å²) in [7, 11) is 0. The fourth-order valence-corrected chi connectivity index (χ4v) is 4.04. The Balaban J connectivity index is 1.91. The molecule has 1 aliphatic carbocycles. The Labute approximate surface area is 115 Å². The number of hydrogen-bond acceptors (Lipinski definition) is 3. The highest BCUT2D eigenvalue weighted by Crippen LogP contribution is 2.30. The molecule has 0 bridgehead atoms. The van der Waals surface area contributed by atoms with Crippen molar-refractivity contribution in [1.29, 1.82) is 0 Å². The van der Waals surface area contributed by atoms with Gasteiger partial charge in [0.1, 0.15) is 5.78 Å². The Morgan fingerprint density at radius 3 is 2.71 bits per heavy atom. The Kier molecular flexibility index (Phi) is 4.39. The lowest BCUT2D eigenvalue weighted by molar-refractivity contribution is -0.119. The van der Waals surface area contributed by atoms with E-state index in [9.17, 15) is 4.79 Å². The van der Waals surface area contributed by atoms with E-state index in [1.54, 1.807) is 11.3 Å². The first kappa shape index (κ1) is 13.2. The molecule has 0 aliphatic heterocycles. The molecule has 1 heterocycles. The highest BCUT2D eigenvalue weighted by atomic mass is 79.9. The summed E-state index contributed by atoms with van der Waals surface area (Å²) in [6.45, 7) is 0. The molecule has 0 saturated heterocycles. The van der Waals surface area contributed by atoms with Crippen LogP contribution in [0.5, 0.6) is 0 Å². The molecule has 1 saturated carbocycles. The second-order valence-corrected chi connectivity index (χ2v) is 6.86. The van der Waals surface area contributed by atoms with Crippen molar-refractivity contribution in [3.05, 3.63) is 20.8 Å². The van der Waals surface area contributed by atoms with Crippen molar-refractivity contribution in [1.82, 2.24) is 0 Å². The van der Waals surface area contributed by atoms with Gasteiger partial charge in [0.05, 0.1) is 0 Å². The van der Waals surface area contributed by atoms with Crippen molar-refractivity contribution in [2.45, 2.75) is 50.5 Å². The molecule has 0 unspecified atom stereocenters. The van der Waals surface area contributed by atoms with Gasteiger partial charge >= 0.3 is 0 Å². The molecule has 0 spiro atoms. The van der Waals surface area contributed by atoms with Crippen LogP contribution in [-0.2, 0) is 11.2 Å². The van der Waals surface area contributed by atoms with Crippen LogP contribution in [0.4, 0.5) is 0 Å². The first-order valence-electron chi connectivity index (χ1n) is 6.11. The van der Waals surface area contributed by atoms with Crippen molar-refractivity contribution in [3.8, 4) is 0 Å². The fraction of sp³-hybridized carbons (Fsp3) is 0.615. The Bertz CT molecular complexity index is 396. The van der Waals surface area contributed by atoms with Gasteiger partial charge in [0.2, 0.25) is 0 Å². The third kappa shape index (κ3) is 3.63. The third-order valence-electron chi connectivity index (χ3n) is 3.45. The molecule has 1 fully saturated rings. The molecule has 0 amide bonds. The number of carbonyl (C=O) groups excluding carboxylic acids is 1. The lowest BCUT2D eigenvalue weighted by Gasteiger charge is -2.32. The number of carbonyl (C=O) groups is 1. The molecule has 0 atom stereocenters. The summed E-state index contributed by atoms with van der Waals surface area (Å²) >= 11 is 5.09. The Morgan fingerprint density at radius 2 is 2.12 bits per heavy atom. The Morgan fingerprint density at radius 1 is 1.41 bits per heavy atom. The van der Waals surface area contributed by atoms with E-state index in [-0.39, 0.29) is 11.3 Å². The summed E-state index contributed by atoms with van der Waals surface area (Å²) in [5, 5.41) is 2.01. The van der Waals surface area contributed by atoms with Gasteiger partial charge in [-0.2, -0.15) is 0 Å². The van der Waals surface area contributed by atoms with E-state index in [2.05, 4.69) is 15.9 Å². The number of Topliss-reactive ketones (excluding diaryl/α,β-unsaturated/α-hetero) is 1. The zero-order valence-electron chi connectivity index (χ0n) is 9.88. The van der Waals surface area contributed by atoms with E-state index in [1.165, 1.54) is 19.3 Å². The number of nitrogens with two attached hydrogens (primary N) is 1. The molecule has 17 heavy (non-hydrogen) atoms. The summed E-state index contributed by atoms with van der Waals surface area (Å²) in [5.74, 6) is 0.276. The van der Waals surface area contributed by atoms with E-state index < -0.39 is 0 Å². The van der Waals surface area contributed by atoms with Crippen molar-refractivity contribution < 1.29 is 4.79 Å². The molecule has 4 heteroatoms. The van der Waals surface area contributed by atoms with Gasteiger partial charge < -0.3 is 5.73 Å². The molecular formula is C13H18BrNOS. The van der Waals surface area contributed by atoms with Crippen LogP contribution in [0.2, 0.25) is 0 Å². The van der Waals surface area contributed by atoms with Gasteiger partial charge in [-0.15, -0.1) is 11.3 Å². The maximum atomic E-state index is 12.0. The number of thiophene rings is 1. The average Bonchev–Trinajstić information content (AvgIpc) is 2.64. The summed E-state index contributed by atoms with van der Waals surface area (Å²) in [4.78, 5) is 13.2. The summed E-state index contributed by atoms with van der Waals surface area (Å²) in [6.07, 6.45) is 6.69. The maximum Gasteiger partial charge on any atom is 0.139 e. The third-order valence-corrected chi connectivity index (χ3v) is 5.37. The van der Waals surface area contributed by atoms with Gasteiger partial charge in [-0.25, -0.2) is 0 Å². The molecule has 0 radical (unpaired) electrons. The molecule has 0 aromatic carbocycles. The minimum absolute atomic E-state index is 0.223. The second kappa shape index (κ2) is 5.63. The smallest absolute Gasteiger partial charge is 0.139 e. The van der Waals surface area contributed by atoms with Crippen molar-refractivity contribution >= 4 is 33.0 Å². The predicted octanol–water partition coefficient (Wildman–Crippen LogP) is 3.67. The van der Waals surface area contributed by atoms with Crippen LogP contribution in [0.25, 0.3) is 0 Å². The highest BCUT2D eigenvalue weighted by molar-refractivity contribution is 9.10. The lowest BCUT2D eigenvalue weighted by atomic mass is 9.79. The van der Waals surface area contributed by atoms with Gasteiger partial charge in [-0.05, 0) is 40.2 Å². The van der Waals surface area contributed by atoms with E-state index >= 15 is 0 Å². The molecule has 1 aromatic rings. The summed E-state index contributed by atoms with van der Waals surface area (Å²) in [6, 6.07) is 1.99. The van der Waals surface area contributed by atoms with Crippen LogP contribution in [0, 0.1) is 0 Å². The molecule has 1 aliphatic rings. The van der Waals surface area contributed by atoms with Gasteiger partial charge in [-0.3, -0.25) is 4.79 Å². The van der Waals surface area contributed by atoms with Gasteiger partial charge in [0.15, 0.2) is 0 Å². The molecule has 2 nitrogen and oxygen atoms in total. The fourth-order valence-electron chi connectivity index (χ4n) is 2.52. The topological polar surface area (TPSA) is 43.1 Å². The lowest BCUT2D eigenvalue weighted by Crippen LogP contribution is -2.43. The zero-order valence-corrected chi connectivity index (χ0v) is 12.3. The monoisotopic (exact) mass is 315 g/mol. The second-order valence-electron chi connectivity index (χ2n) is 5.01. The van der Waals surface area contributed by atoms with Crippen molar-refractivity contribution in [3.63, 3.8) is 0 Å². The van der Waals surface area contributed by atoms with E-state index in [0.29, 0.717) is 12.8 Å². The van der Waals surface area contributed by atoms with Gasteiger partial charge in [0.25, 0.3) is 0 Å². The maximum absolute atomic E-state index is 12.0. The molecule has 1 aromatic heterocycles. The SMILES string of the molecule is NC1(CC(=O)Cc2sccc2Br)CCCCC1. The normalized spacial score (nSPS) is 19.2. The van der Waals surface area contributed by atoms with Crippen LogP contribution in [0.3, 0.4) is 0 Å². The molecular weight excluding hydrogens is 298 g/mol. The predicted molar refractivity (Wildman–Crippen MR) is 75.4 cm³/mol. The summed E-state index contributed by atoms with van der Waals surface area (Å²) in [5.41, 5.74) is 6.07. The van der Waals surface area contributed by atoms with Gasteiger partial charge in [-0.1, -0.05) is 19.3 Å². The van der Waals surface area contributed by atoms with Gasteiger partial charge in [0, 0.05) is 27.7 Å². The van der Waals surface area contributed by atoms with E-state index in [1.807, 2.05) is 11.4 Å². The van der Waals surface area contributed by atoms with Crippen molar-refractivity contribution in [2.24, 2.45) is 5.73 Å². The van der Waals surface area contributed by atoms with Crippen LogP contribution >= 0.6 is 27.3 Å². The van der Waals surface area contributed by atoms with Crippen LogP contribution in [0.15, 0.2) is 15.9 Å².